The normalized spacial score (nSPS) is 19.8. The first-order chi connectivity index (χ1) is 9.70. The summed E-state index contributed by atoms with van der Waals surface area (Å²) in [5.74, 6) is 1.13. The number of piperazine rings is 1. The van der Waals surface area contributed by atoms with E-state index in [1.807, 2.05) is 25.6 Å². The summed E-state index contributed by atoms with van der Waals surface area (Å²) in [5.41, 5.74) is 2.24. The van der Waals surface area contributed by atoms with Crippen LogP contribution < -0.4 is 15.5 Å². The number of hydrogen-bond acceptors (Lipinski definition) is 4. The number of nitrogens with one attached hydrogen (secondary N) is 2. The van der Waals surface area contributed by atoms with Gasteiger partial charge < -0.3 is 15.5 Å². The van der Waals surface area contributed by atoms with Crippen molar-refractivity contribution in [3.05, 3.63) is 11.3 Å². The van der Waals surface area contributed by atoms with Crippen molar-refractivity contribution in [1.29, 1.82) is 0 Å². The van der Waals surface area contributed by atoms with Crippen LogP contribution in [0, 0.1) is 6.92 Å². The van der Waals surface area contributed by atoms with Crippen LogP contribution in [-0.4, -0.2) is 40.4 Å². The first-order valence-corrected chi connectivity index (χ1v) is 7.52. The molecule has 1 atom stereocenters. The molecule has 2 rings (SSSR count). The average Bonchev–Trinajstić information content (AvgIpc) is 2.64. The van der Waals surface area contributed by atoms with Crippen LogP contribution in [0.2, 0.25) is 0 Å². The van der Waals surface area contributed by atoms with Crippen LogP contribution in [0.4, 0.5) is 5.82 Å². The molecular formula is C15H27N5O. The van der Waals surface area contributed by atoms with E-state index in [9.17, 15) is 4.79 Å². The Balaban J connectivity index is 2.32. The number of aromatic nitrogens is 2. The fraction of sp³-hybridized carbons (Fsp3) is 0.733. The lowest BCUT2D eigenvalue weighted by Gasteiger charge is -2.35. The molecule has 0 aromatic carbocycles. The summed E-state index contributed by atoms with van der Waals surface area (Å²) in [6, 6.07) is -0.165. The highest BCUT2D eigenvalue weighted by atomic mass is 16.2. The Morgan fingerprint density at radius 2 is 2.10 bits per heavy atom. The van der Waals surface area contributed by atoms with Crippen molar-refractivity contribution in [2.75, 3.05) is 18.0 Å². The minimum absolute atomic E-state index is 0.0461. The molecule has 1 aromatic rings. The van der Waals surface area contributed by atoms with E-state index in [0.717, 1.165) is 24.6 Å². The van der Waals surface area contributed by atoms with Gasteiger partial charge >= 0.3 is 0 Å². The SMILES string of the molecule is Cc1nn(C)c(N2CCNC(=O)C2C)c1CNC(C)(C)C. The molecule has 2 heterocycles. The first kappa shape index (κ1) is 15.8. The van der Waals surface area contributed by atoms with Gasteiger partial charge in [-0.15, -0.1) is 0 Å². The van der Waals surface area contributed by atoms with Crippen molar-refractivity contribution in [3.63, 3.8) is 0 Å². The molecule has 2 N–H and O–H groups in total. The molecule has 1 unspecified atom stereocenters. The number of anilines is 1. The molecule has 6 nitrogen and oxygen atoms in total. The van der Waals surface area contributed by atoms with E-state index in [2.05, 4.69) is 41.4 Å². The molecule has 0 aliphatic carbocycles. The second kappa shape index (κ2) is 5.67. The topological polar surface area (TPSA) is 62.2 Å². The zero-order chi connectivity index (χ0) is 15.8. The monoisotopic (exact) mass is 293 g/mol. The quantitative estimate of drug-likeness (QED) is 0.871. The van der Waals surface area contributed by atoms with Crippen LogP contribution in [0.15, 0.2) is 0 Å². The molecule has 1 saturated heterocycles. The molecule has 0 saturated carbocycles. The average molecular weight is 293 g/mol. The van der Waals surface area contributed by atoms with Gasteiger partial charge in [0.25, 0.3) is 0 Å². The number of nitrogens with zero attached hydrogens (tertiary/aromatic N) is 3. The van der Waals surface area contributed by atoms with Gasteiger partial charge in [0.15, 0.2) is 0 Å². The maximum atomic E-state index is 11.9. The molecule has 0 spiro atoms. The summed E-state index contributed by atoms with van der Waals surface area (Å²) in [7, 11) is 1.95. The van der Waals surface area contributed by atoms with Crippen LogP contribution in [-0.2, 0) is 18.4 Å². The number of carbonyl (C=O) groups excluding carboxylic acids is 1. The molecule has 21 heavy (non-hydrogen) atoms. The van der Waals surface area contributed by atoms with Crippen LogP contribution >= 0.6 is 0 Å². The molecule has 1 aliphatic rings. The summed E-state index contributed by atoms with van der Waals surface area (Å²) in [6.45, 7) is 12.7. The lowest BCUT2D eigenvalue weighted by atomic mass is 10.1. The zero-order valence-corrected chi connectivity index (χ0v) is 13.9. The molecule has 0 radical (unpaired) electrons. The molecule has 1 fully saturated rings. The number of rotatable bonds is 3. The van der Waals surface area contributed by atoms with E-state index in [0.29, 0.717) is 6.54 Å². The highest BCUT2D eigenvalue weighted by molar-refractivity contribution is 5.86. The summed E-state index contributed by atoms with van der Waals surface area (Å²) < 4.78 is 1.89. The Labute approximate surface area is 126 Å². The second-order valence-corrected chi connectivity index (χ2v) is 6.78. The summed E-state index contributed by atoms with van der Waals surface area (Å²) >= 11 is 0. The van der Waals surface area contributed by atoms with Crippen molar-refractivity contribution >= 4 is 11.7 Å². The van der Waals surface area contributed by atoms with Crippen molar-refractivity contribution in [1.82, 2.24) is 20.4 Å². The molecule has 118 valence electrons. The van der Waals surface area contributed by atoms with Gasteiger partial charge in [-0.05, 0) is 34.6 Å². The standard InChI is InChI=1S/C15H27N5O/c1-10-12(9-17-15(3,4)5)14(19(6)18-10)20-8-7-16-13(21)11(20)2/h11,17H,7-9H2,1-6H3,(H,16,21). The first-order valence-electron chi connectivity index (χ1n) is 7.52. The second-order valence-electron chi connectivity index (χ2n) is 6.78. The Kier molecular flexibility index (Phi) is 4.27. The third-order valence-electron chi connectivity index (χ3n) is 3.88. The van der Waals surface area contributed by atoms with Gasteiger partial charge in [-0.25, -0.2) is 0 Å². The van der Waals surface area contributed by atoms with Crippen LogP contribution in [0.3, 0.4) is 0 Å². The fourth-order valence-corrected chi connectivity index (χ4v) is 2.68. The highest BCUT2D eigenvalue weighted by Crippen LogP contribution is 2.26. The third kappa shape index (κ3) is 3.37. The van der Waals surface area contributed by atoms with E-state index >= 15 is 0 Å². The Morgan fingerprint density at radius 1 is 1.43 bits per heavy atom. The van der Waals surface area contributed by atoms with Gasteiger partial charge in [-0.3, -0.25) is 9.48 Å². The lowest BCUT2D eigenvalue weighted by Crippen LogP contribution is -2.54. The summed E-state index contributed by atoms with van der Waals surface area (Å²) in [6.07, 6.45) is 0. The summed E-state index contributed by atoms with van der Waals surface area (Å²) in [4.78, 5) is 14.1. The Hall–Kier alpha value is -1.56. The zero-order valence-electron chi connectivity index (χ0n) is 13.9. The summed E-state index contributed by atoms with van der Waals surface area (Å²) in [5, 5.41) is 11.0. The van der Waals surface area contributed by atoms with Gasteiger partial charge in [0.05, 0.1) is 5.69 Å². The van der Waals surface area contributed by atoms with Crippen molar-refractivity contribution in [2.45, 2.75) is 52.7 Å². The largest absolute Gasteiger partial charge is 0.353 e. The van der Waals surface area contributed by atoms with E-state index in [4.69, 9.17) is 0 Å². The number of hydrogen-bond donors (Lipinski definition) is 2. The fourth-order valence-electron chi connectivity index (χ4n) is 2.68. The van der Waals surface area contributed by atoms with Gasteiger partial charge in [0.2, 0.25) is 5.91 Å². The van der Waals surface area contributed by atoms with Crippen LogP contribution in [0.1, 0.15) is 39.0 Å². The molecule has 1 aliphatic heterocycles. The van der Waals surface area contributed by atoms with E-state index in [-0.39, 0.29) is 17.5 Å². The molecule has 0 bridgehead atoms. The van der Waals surface area contributed by atoms with Crippen molar-refractivity contribution in [3.8, 4) is 0 Å². The van der Waals surface area contributed by atoms with Gasteiger partial charge in [0, 0.05) is 37.8 Å². The van der Waals surface area contributed by atoms with E-state index < -0.39 is 0 Å². The maximum absolute atomic E-state index is 11.9. The van der Waals surface area contributed by atoms with Crippen LogP contribution in [0.5, 0.6) is 0 Å². The maximum Gasteiger partial charge on any atom is 0.242 e. The molecular weight excluding hydrogens is 266 g/mol. The van der Waals surface area contributed by atoms with Gasteiger partial charge in [-0.2, -0.15) is 5.10 Å². The Morgan fingerprint density at radius 3 is 2.71 bits per heavy atom. The minimum atomic E-state index is -0.165. The Bertz CT molecular complexity index is 529. The third-order valence-corrected chi connectivity index (χ3v) is 3.88. The van der Waals surface area contributed by atoms with Crippen LogP contribution in [0.25, 0.3) is 0 Å². The smallest absolute Gasteiger partial charge is 0.242 e. The van der Waals surface area contributed by atoms with Crippen molar-refractivity contribution in [2.24, 2.45) is 7.05 Å². The van der Waals surface area contributed by atoms with Gasteiger partial charge in [-0.1, -0.05) is 0 Å². The predicted octanol–water partition coefficient (Wildman–Crippen LogP) is 0.941. The number of carbonyl (C=O) groups is 1. The van der Waals surface area contributed by atoms with Crippen molar-refractivity contribution < 1.29 is 4.79 Å². The lowest BCUT2D eigenvalue weighted by molar-refractivity contribution is -0.122. The number of aryl methyl sites for hydroxylation is 2. The van der Waals surface area contributed by atoms with E-state index in [1.54, 1.807) is 0 Å². The van der Waals surface area contributed by atoms with Gasteiger partial charge in [0.1, 0.15) is 11.9 Å². The number of amides is 1. The minimum Gasteiger partial charge on any atom is -0.353 e. The predicted molar refractivity (Wildman–Crippen MR) is 84.4 cm³/mol. The van der Waals surface area contributed by atoms with E-state index in [1.165, 1.54) is 5.56 Å². The molecule has 1 aromatic heterocycles. The highest BCUT2D eigenvalue weighted by Gasteiger charge is 2.30. The molecule has 1 amide bonds. The molecule has 6 heteroatoms.